The molecule has 0 bridgehead atoms. The Morgan fingerprint density at radius 2 is 1.61 bits per heavy atom. The lowest BCUT2D eigenvalue weighted by molar-refractivity contribution is 0.354. The number of hydrogen-bond donors (Lipinski definition) is 1. The van der Waals surface area contributed by atoms with E-state index in [0.29, 0.717) is 5.92 Å². The van der Waals surface area contributed by atoms with Crippen molar-refractivity contribution in [1.29, 1.82) is 0 Å². The molecule has 0 saturated heterocycles. The molecule has 0 aliphatic rings. The predicted molar refractivity (Wildman–Crippen MR) is 95.2 cm³/mol. The molecule has 3 heteroatoms. The van der Waals surface area contributed by atoms with Crippen molar-refractivity contribution in [3.05, 3.63) is 59.7 Å². The molecule has 0 aromatic heterocycles. The van der Waals surface area contributed by atoms with Gasteiger partial charge in [-0.15, -0.1) is 0 Å². The molecule has 0 heterocycles. The monoisotopic (exact) mass is 313 g/mol. The Bertz CT molecular complexity index is 583. The molecule has 0 aliphatic heterocycles. The van der Waals surface area contributed by atoms with Gasteiger partial charge in [0.05, 0.1) is 14.2 Å². The molecule has 124 valence electrons. The second-order valence-corrected chi connectivity index (χ2v) is 5.86. The van der Waals surface area contributed by atoms with E-state index in [9.17, 15) is 0 Å². The number of nitrogens with two attached hydrogens (primary N) is 1. The third-order valence-electron chi connectivity index (χ3n) is 4.23. The number of methoxy groups -OCH3 is 2. The summed E-state index contributed by atoms with van der Waals surface area (Å²) in [5.41, 5.74) is 8.46. The average molecular weight is 313 g/mol. The molecule has 2 aromatic rings. The Labute approximate surface area is 139 Å². The van der Waals surface area contributed by atoms with Crippen LogP contribution in [0.25, 0.3) is 0 Å². The van der Waals surface area contributed by atoms with Crippen LogP contribution < -0.4 is 15.2 Å². The summed E-state index contributed by atoms with van der Waals surface area (Å²) in [6.07, 6.45) is 4.30. The average Bonchev–Trinajstić information content (AvgIpc) is 2.60. The van der Waals surface area contributed by atoms with E-state index < -0.39 is 0 Å². The van der Waals surface area contributed by atoms with Crippen LogP contribution in [0.4, 0.5) is 0 Å². The van der Waals surface area contributed by atoms with Gasteiger partial charge >= 0.3 is 0 Å². The van der Waals surface area contributed by atoms with Crippen LogP contribution in [0.5, 0.6) is 11.5 Å². The fraction of sp³-hybridized carbons (Fsp3) is 0.400. The number of aryl methyl sites for hydroxylation is 1. The van der Waals surface area contributed by atoms with Crippen molar-refractivity contribution in [2.75, 3.05) is 20.8 Å². The van der Waals surface area contributed by atoms with E-state index in [-0.39, 0.29) is 0 Å². The zero-order chi connectivity index (χ0) is 16.5. The Hall–Kier alpha value is -2.00. The highest BCUT2D eigenvalue weighted by molar-refractivity contribution is 5.42. The molecular formula is C20H27NO2. The predicted octanol–water partition coefficient (Wildman–Crippen LogP) is 3.84. The van der Waals surface area contributed by atoms with Gasteiger partial charge in [-0.05, 0) is 61.4 Å². The maximum atomic E-state index is 5.80. The van der Waals surface area contributed by atoms with Crippen molar-refractivity contribution in [2.45, 2.75) is 25.7 Å². The molecule has 2 aromatic carbocycles. The fourth-order valence-corrected chi connectivity index (χ4v) is 2.94. The van der Waals surface area contributed by atoms with Gasteiger partial charge in [-0.25, -0.2) is 0 Å². The summed E-state index contributed by atoms with van der Waals surface area (Å²) < 4.78 is 10.7. The topological polar surface area (TPSA) is 44.5 Å². The molecule has 0 radical (unpaired) electrons. The fourth-order valence-electron chi connectivity index (χ4n) is 2.94. The number of hydrogen-bond acceptors (Lipinski definition) is 3. The molecule has 1 unspecified atom stereocenters. The summed E-state index contributed by atoms with van der Waals surface area (Å²) in [5, 5.41) is 0. The lowest BCUT2D eigenvalue weighted by Gasteiger charge is -2.17. The maximum absolute atomic E-state index is 5.80. The summed E-state index contributed by atoms with van der Waals surface area (Å²) in [4.78, 5) is 0. The third kappa shape index (κ3) is 5.29. The van der Waals surface area contributed by atoms with E-state index in [2.05, 4.69) is 42.5 Å². The van der Waals surface area contributed by atoms with E-state index in [0.717, 1.165) is 43.7 Å². The minimum Gasteiger partial charge on any atom is -0.493 e. The molecule has 2 N–H and O–H groups in total. The molecule has 2 rings (SSSR count). The highest BCUT2D eigenvalue weighted by Gasteiger charge is 2.11. The smallest absolute Gasteiger partial charge is 0.160 e. The van der Waals surface area contributed by atoms with Crippen LogP contribution in [0.1, 0.15) is 24.0 Å². The maximum Gasteiger partial charge on any atom is 0.160 e. The third-order valence-corrected chi connectivity index (χ3v) is 4.23. The molecule has 0 fully saturated rings. The van der Waals surface area contributed by atoms with Gasteiger partial charge in [-0.3, -0.25) is 0 Å². The number of benzene rings is 2. The van der Waals surface area contributed by atoms with Gasteiger partial charge < -0.3 is 15.2 Å². The number of ether oxygens (including phenoxy) is 2. The number of rotatable bonds is 9. The Kier molecular flexibility index (Phi) is 6.95. The van der Waals surface area contributed by atoms with Crippen LogP contribution in [0.15, 0.2) is 48.5 Å². The first-order valence-corrected chi connectivity index (χ1v) is 8.21. The standard InChI is InChI=1S/C20H27NO2/c1-22-19-11-10-17(15-20(19)23-2)8-9-18(12-13-21)14-16-6-4-3-5-7-16/h3-7,10-11,15,18H,8-9,12-14,21H2,1-2H3. The van der Waals surface area contributed by atoms with Gasteiger partial charge in [0.1, 0.15) is 0 Å². The van der Waals surface area contributed by atoms with Crippen molar-refractivity contribution in [3.8, 4) is 11.5 Å². The minimum absolute atomic E-state index is 0.607. The molecule has 1 atom stereocenters. The molecule has 0 aliphatic carbocycles. The van der Waals surface area contributed by atoms with E-state index in [1.165, 1.54) is 11.1 Å². The quantitative estimate of drug-likeness (QED) is 0.765. The minimum atomic E-state index is 0.607. The second-order valence-electron chi connectivity index (χ2n) is 5.86. The molecule has 0 spiro atoms. The first-order chi connectivity index (χ1) is 11.3. The van der Waals surface area contributed by atoms with Crippen LogP contribution in [-0.2, 0) is 12.8 Å². The normalized spacial score (nSPS) is 12.0. The van der Waals surface area contributed by atoms with Gasteiger partial charge in [-0.1, -0.05) is 36.4 Å². The summed E-state index contributed by atoms with van der Waals surface area (Å²) in [6.45, 7) is 0.740. The Morgan fingerprint density at radius 1 is 0.870 bits per heavy atom. The zero-order valence-corrected chi connectivity index (χ0v) is 14.1. The lowest BCUT2D eigenvalue weighted by atomic mass is 9.90. The summed E-state index contributed by atoms with van der Waals surface area (Å²) >= 11 is 0. The summed E-state index contributed by atoms with van der Waals surface area (Å²) in [5.74, 6) is 2.18. The highest BCUT2D eigenvalue weighted by atomic mass is 16.5. The second kappa shape index (κ2) is 9.21. The van der Waals surface area contributed by atoms with Gasteiger partial charge in [0, 0.05) is 0 Å². The molecule has 23 heavy (non-hydrogen) atoms. The van der Waals surface area contributed by atoms with Crippen molar-refractivity contribution in [1.82, 2.24) is 0 Å². The van der Waals surface area contributed by atoms with Crippen molar-refractivity contribution in [3.63, 3.8) is 0 Å². The lowest BCUT2D eigenvalue weighted by Crippen LogP contribution is -2.12. The van der Waals surface area contributed by atoms with E-state index >= 15 is 0 Å². The molecule has 0 amide bonds. The Morgan fingerprint density at radius 3 is 2.26 bits per heavy atom. The Balaban J connectivity index is 1.98. The van der Waals surface area contributed by atoms with Crippen molar-refractivity contribution >= 4 is 0 Å². The van der Waals surface area contributed by atoms with Crippen molar-refractivity contribution < 1.29 is 9.47 Å². The van der Waals surface area contributed by atoms with Crippen molar-refractivity contribution in [2.24, 2.45) is 11.7 Å². The van der Waals surface area contributed by atoms with E-state index in [4.69, 9.17) is 15.2 Å². The largest absolute Gasteiger partial charge is 0.493 e. The molecular weight excluding hydrogens is 286 g/mol. The van der Waals surface area contributed by atoms with Crippen LogP contribution in [0.2, 0.25) is 0 Å². The summed E-state index contributed by atoms with van der Waals surface area (Å²) in [7, 11) is 3.34. The summed E-state index contributed by atoms with van der Waals surface area (Å²) in [6, 6.07) is 16.8. The van der Waals surface area contributed by atoms with Crippen LogP contribution in [0, 0.1) is 5.92 Å². The first kappa shape index (κ1) is 17.4. The SMILES string of the molecule is COc1ccc(CCC(CCN)Cc2ccccc2)cc1OC. The molecule has 0 saturated carbocycles. The highest BCUT2D eigenvalue weighted by Crippen LogP contribution is 2.29. The van der Waals surface area contributed by atoms with E-state index in [1.807, 2.05) is 6.07 Å². The van der Waals surface area contributed by atoms with Gasteiger partial charge in [-0.2, -0.15) is 0 Å². The van der Waals surface area contributed by atoms with Gasteiger partial charge in [0.2, 0.25) is 0 Å². The van der Waals surface area contributed by atoms with Gasteiger partial charge in [0.15, 0.2) is 11.5 Å². The van der Waals surface area contributed by atoms with Crippen LogP contribution in [-0.4, -0.2) is 20.8 Å². The van der Waals surface area contributed by atoms with Crippen LogP contribution in [0.3, 0.4) is 0 Å². The first-order valence-electron chi connectivity index (χ1n) is 8.21. The molecule has 3 nitrogen and oxygen atoms in total. The zero-order valence-electron chi connectivity index (χ0n) is 14.1. The van der Waals surface area contributed by atoms with Gasteiger partial charge in [0.25, 0.3) is 0 Å². The van der Waals surface area contributed by atoms with E-state index in [1.54, 1.807) is 14.2 Å². The van der Waals surface area contributed by atoms with Crippen LogP contribution >= 0.6 is 0 Å².